The number of hydrogen-bond acceptors (Lipinski definition) is 5. The first-order valence-electron chi connectivity index (χ1n) is 11.5. The molecule has 4 aromatic rings. The van der Waals surface area contributed by atoms with Crippen LogP contribution in [-0.4, -0.2) is 40.3 Å². The van der Waals surface area contributed by atoms with Gasteiger partial charge in [0.2, 0.25) is 5.91 Å². The second-order valence-corrected chi connectivity index (χ2v) is 8.62. The number of anilines is 1. The summed E-state index contributed by atoms with van der Waals surface area (Å²) in [6.45, 7) is 0.379. The Hall–Kier alpha value is -4.52. The maximum Gasteiger partial charge on any atom is 0.262 e. The molecule has 3 aromatic carbocycles. The van der Waals surface area contributed by atoms with Crippen LogP contribution in [0.4, 0.5) is 5.69 Å². The molecule has 0 unspecified atom stereocenters. The molecule has 0 fully saturated rings. The van der Waals surface area contributed by atoms with Gasteiger partial charge in [0, 0.05) is 17.5 Å². The molecular weight excluding hydrogens is 442 g/mol. The molecule has 3 amide bonds. The molecule has 6 rings (SSSR count). The highest BCUT2D eigenvalue weighted by Crippen LogP contribution is 2.40. The number of nitrogens with zero attached hydrogens (tertiary/aromatic N) is 2. The first-order valence-corrected chi connectivity index (χ1v) is 11.5. The van der Waals surface area contributed by atoms with Crippen molar-refractivity contribution in [3.05, 3.63) is 102 Å². The second-order valence-electron chi connectivity index (χ2n) is 8.62. The Kier molecular flexibility index (Phi) is 5.03. The lowest BCUT2D eigenvalue weighted by Gasteiger charge is -2.35. The van der Waals surface area contributed by atoms with E-state index in [1.165, 1.54) is 0 Å². The fourth-order valence-electron chi connectivity index (χ4n) is 5.05. The van der Waals surface area contributed by atoms with Crippen molar-refractivity contribution in [1.82, 2.24) is 9.88 Å². The summed E-state index contributed by atoms with van der Waals surface area (Å²) in [5, 5.41) is 3.84. The molecule has 2 aliphatic heterocycles. The molecule has 7 heteroatoms. The number of rotatable bonds is 4. The van der Waals surface area contributed by atoms with Crippen molar-refractivity contribution in [2.75, 3.05) is 11.9 Å². The van der Waals surface area contributed by atoms with Gasteiger partial charge in [0.05, 0.1) is 28.9 Å². The number of fused-ring (bicyclic) bond motifs is 3. The number of amides is 3. The van der Waals surface area contributed by atoms with Crippen molar-refractivity contribution < 1.29 is 19.1 Å². The van der Waals surface area contributed by atoms with Crippen molar-refractivity contribution in [3.8, 4) is 5.75 Å². The predicted octanol–water partition coefficient (Wildman–Crippen LogP) is 4.40. The third kappa shape index (κ3) is 3.44. The highest BCUT2D eigenvalue weighted by atomic mass is 16.5. The van der Waals surface area contributed by atoms with Crippen LogP contribution in [0.5, 0.6) is 5.75 Å². The topological polar surface area (TPSA) is 88.6 Å². The average Bonchev–Trinajstić information content (AvgIpc) is 3.15. The molecule has 0 spiro atoms. The molecule has 172 valence electrons. The number of pyridine rings is 1. The monoisotopic (exact) mass is 463 g/mol. The molecule has 7 nitrogen and oxygen atoms in total. The van der Waals surface area contributed by atoms with E-state index in [2.05, 4.69) is 10.3 Å². The molecule has 1 N–H and O–H groups in total. The third-order valence-corrected chi connectivity index (χ3v) is 6.65. The van der Waals surface area contributed by atoms with Gasteiger partial charge in [0.1, 0.15) is 11.8 Å². The molecule has 2 aliphatic rings. The molecule has 0 saturated heterocycles. The zero-order chi connectivity index (χ0) is 23.9. The van der Waals surface area contributed by atoms with Gasteiger partial charge in [-0.3, -0.25) is 24.3 Å². The van der Waals surface area contributed by atoms with E-state index in [-0.39, 0.29) is 0 Å². The van der Waals surface area contributed by atoms with E-state index >= 15 is 0 Å². The van der Waals surface area contributed by atoms with E-state index in [0.717, 1.165) is 15.8 Å². The molecule has 2 atom stereocenters. The largest absolute Gasteiger partial charge is 0.493 e. The minimum absolute atomic E-state index is 0.308. The van der Waals surface area contributed by atoms with E-state index in [9.17, 15) is 14.4 Å². The van der Waals surface area contributed by atoms with E-state index in [4.69, 9.17) is 4.74 Å². The highest BCUT2D eigenvalue weighted by molar-refractivity contribution is 6.23. The van der Waals surface area contributed by atoms with Gasteiger partial charge in [-0.25, -0.2) is 0 Å². The van der Waals surface area contributed by atoms with Crippen LogP contribution in [0.3, 0.4) is 0 Å². The van der Waals surface area contributed by atoms with Gasteiger partial charge < -0.3 is 10.1 Å². The number of aromatic nitrogens is 1. The number of benzene rings is 3. The number of imide groups is 1. The molecule has 1 aromatic heterocycles. The van der Waals surface area contributed by atoms with Crippen molar-refractivity contribution in [3.63, 3.8) is 0 Å². The predicted molar refractivity (Wildman–Crippen MR) is 130 cm³/mol. The zero-order valence-corrected chi connectivity index (χ0v) is 18.7. The van der Waals surface area contributed by atoms with Crippen LogP contribution >= 0.6 is 0 Å². The van der Waals surface area contributed by atoms with Crippen LogP contribution in [0.15, 0.2) is 85.1 Å². The number of carbonyl (C=O) groups is 3. The maximum absolute atomic E-state index is 14.0. The van der Waals surface area contributed by atoms with Crippen LogP contribution in [-0.2, 0) is 4.79 Å². The van der Waals surface area contributed by atoms with Crippen LogP contribution in [0.1, 0.15) is 38.6 Å². The fourth-order valence-corrected chi connectivity index (χ4v) is 5.05. The molecule has 0 saturated carbocycles. The normalized spacial score (nSPS) is 17.5. The number of nitrogens with one attached hydrogen (secondary N) is 1. The molecule has 0 bridgehead atoms. The summed E-state index contributed by atoms with van der Waals surface area (Å²) >= 11 is 0. The molecular formula is C28H21N3O4. The molecule has 35 heavy (non-hydrogen) atoms. The van der Waals surface area contributed by atoms with Crippen molar-refractivity contribution in [1.29, 1.82) is 0 Å². The number of para-hydroxylation sites is 2. The van der Waals surface area contributed by atoms with E-state index < -0.39 is 29.7 Å². The van der Waals surface area contributed by atoms with Gasteiger partial charge in [-0.2, -0.15) is 0 Å². The van der Waals surface area contributed by atoms with Crippen LogP contribution in [0.25, 0.3) is 10.9 Å². The Morgan fingerprint density at radius 2 is 1.63 bits per heavy atom. The van der Waals surface area contributed by atoms with Gasteiger partial charge >= 0.3 is 0 Å². The van der Waals surface area contributed by atoms with Crippen LogP contribution in [0, 0.1) is 0 Å². The lowest BCUT2D eigenvalue weighted by molar-refractivity contribution is -0.120. The zero-order valence-electron chi connectivity index (χ0n) is 18.7. The van der Waals surface area contributed by atoms with Gasteiger partial charge in [-0.1, -0.05) is 48.5 Å². The first kappa shape index (κ1) is 21.0. The lowest BCUT2D eigenvalue weighted by atomic mass is 9.85. The van der Waals surface area contributed by atoms with E-state index in [1.807, 2.05) is 48.5 Å². The van der Waals surface area contributed by atoms with Crippen molar-refractivity contribution in [2.45, 2.75) is 18.4 Å². The summed E-state index contributed by atoms with van der Waals surface area (Å²) in [5.41, 5.74) is 2.57. The Balaban J connectivity index is 1.45. The molecule has 3 heterocycles. The SMILES string of the molecule is O=C(Nc1cccc2cccnc12)[C@H]([C@@H]1CCOc2ccccc21)N1C(=O)c2ccccc2C1=O. The quantitative estimate of drug-likeness (QED) is 0.453. The standard InChI is InChI=1S/C28H21N3O4/c32-26(30-22-12-5-7-17-8-6-15-29-24(17)22)25(19-14-16-35-23-13-4-3-9-18(19)23)31-27(33)20-10-1-2-11-21(20)28(31)34/h1-13,15,19,25H,14,16H2,(H,30,32)/t19-,25+/m1/s1. The fraction of sp³-hybridized carbons (Fsp3) is 0.143. The summed E-state index contributed by atoms with van der Waals surface area (Å²) in [5.74, 6) is -1.15. The Morgan fingerprint density at radius 1 is 0.914 bits per heavy atom. The Morgan fingerprint density at radius 3 is 2.43 bits per heavy atom. The number of hydrogen-bond donors (Lipinski definition) is 1. The third-order valence-electron chi connectivity index (χ3n) is 6.65. The minimum Gasteiger partial charge on any atom is -0.493 e. The summed E-state index contributed by atoms with van der Waals surface area (Å²) in [6.07, 6.45) is 2.14. The average molecular weight is 463 g/mol. The lowest BCUT2D eigenvalue weighted by Crippen LogP contribution is -2.51. The van der Waals surface area contributed by atoms with Crippen molar-refractivity contribution >= 4 is 34.3 Å². The maximum atomic E-state index is 14.0. The van der Waals surface area contributed by atoms with Crippen LogP contribution in [0.2, 0.25) is 0 Å². The smallest absolute Gasteiger partial charge is 0.262 e. The first-order chi connectivity index (χ1) is 17.1. The summed E-state index contributed by atoms with van der Waals surface area (Å²) < 4.78 is 5.81. The Labute approximate surface area is 201 Å². The molecule has 0 radical (unpaired) electrons. The second kappa shape index (κ2) is 8.36. The van der Waals surface area contributed by atoms with Crippen LogP contribution < -0.4 is 10.1 Å². The summed E-state index contributed by atoms with van der Waals surface area (Å²) in [7, 11) is 0. The highest BCUT2D eigenvalue weighted by Gasteiger charge is 2.47. The molecule has 0 aliphatic carbocycles. The Bertz CT molecular complexity index is 1460. The summed E-state index contributed by atoms with van der Waals surface area (Å²) in [6, 6.07) is 22.3. The van der Waals surface area contributed by atoms with Gasteiger partial charge in [-0.05, 0) is 42.3 Å². The van der Waals surface area contributed by atoms with Gasteiger partial charge in [0.25, 0.3) is 11.8 Å². The van der Waals surface area contributed by atoms with Crippen molar-refractivity contribution in [2.24, 2.45) is 0 Å². The van der Waals surface area contributed by atoms with E-state index in [0.29, 0.717) is 41.1 Å². The van der Waals surface area contributed by atoms with Gasteiger partial charge in [0.15, 0.2) is 0 Å². The van der Waals surface area contributed by atoms with E-state index in [1.54, 1.807) is 36.5 Å². The summed E-state index contributed by atoms with van der Waals surface area (Å²) in [4.78, 5) is 46.4. The number of ether oxygens (including phenoxy) is 1. The van der Waals surface area contributed by atoms with Gasteiger partial charge in [-0.15, -0.1) is 0 Å². The minimum atomic E-state index is -1.06. The number of carbonyl (C=O) groups excluding carboxylic acids is 3.